The third-order valence-electron chi connectivity index (χ3n) is 4.56. The highest BCUT2D eigenvalue weighted by Gasteiger charge is 2.23. The van der Waals surface area contributed by atoms with Crippen molar-refractivity contribution in [2.45, 2.75) is 33.6 Å². The summed E-state index contributed by atoms with van der Waals surface area (Å²) >= 11 is 0. The van der Waals surface area contributed by atoms with Gasteiger partial charge in [-0.25, -0.2) is 10.1 Å². The molecule has 0 atom stereocenters. The summed E-state index contributed by atoms with van der Waals surface area (Å²) in [6.07, 6.45) is 2.88. The minimum absolute atomic E-state index is 0.0652. The molecule has 0 aliphatic heterocycles. The first kappa shape index (κ1) is 21.0. The van der Waals surface area contributed by atoms with Crippen LogP contribution < -0.4 is 16.1 Å². The van der Waals surface area contributed by atoms with Gasteiger partial charge in [0.05, 0.1) is 11.9 Å². The Bertz CT molecular complexity index is 1000. The van der Waals surface area contributed by atoms with E-state index in [9.17, 15) is 4.79 Å². The number of amides is 1. The van der Waals surface area contributed by atoms with Gasteiger partial charge in [-0.15, -0.1) is 5.10 Å². The van der Waals surface area contributed by atoms with Crippen LogP contribution >= 0.6 is 0 Å². The molecule has 1 aromatic carbocycles. The molecule has 3 rings (SSSR count). The van der Waals surface area contributed by atoms with Crippen LogP contribution in [0, 0.1) is 0 Å². The summed E-state index contributed by atoms with van der Waals surface area (Å²) in [7, 11) is 0. The van der Waals surface area contributed by atoms with E-state index >= 15 is 0 Å². The first-order valence-electron chi connectivity index (χ1n) is 9.80. The van der Waals surface area contributed by atoms with Gasteiger partial charge in [0.1, 0.15) is 0 Å². The van der Waals surface area contributed by atoms with E-state index in [2.05, 4.69) is 54.5 Å². The number of hydrazone groups is 1. The predicted octanol–water partition coefficient (Wildman–Crippen LogP) is 1.80. The maximum atomic E-state index is 12.6. The molecule has 30 heavy (non-hydrogen) atoms. The maximum Gasteiger partial charge on any atom is 0.293 e. The van der Waals surface area contributed by atoms with Gasteiger partial charge in [0.15, 0.2) is 5.69 Å². The number of rotatable bonds is 9. The number of hydrogen-bond acceptors (Lipinski definition) is 9. The van der Waals surface area contributed by atoms with Crippen LogP contribution in [0.5, 0.6) is 0 Å². The number of nitrogen functional groups attached to an aromatic ring is 1. The Morgan fingerprint density at radius 1 is 1.23 bits per heavy atom. The molecule has 0 bridgehead atoms. The zero-order valence-corrected chi connectivity index (χ0v) is 17.2. The highest BCUT2D eigenvalue weighted by Crippen LogP contribution is 2.17. The Kier molecular flexibility index (Phi) is 6.73. The Hall–Kier alpha value is -3.76. The number of nitrogens with zero attached hydrogens (tertiary/aromatic N) is 7. The Morgan fingerprint density at radius 3 is 2.57 bits per heavy atom. The molecule has 3 aromatic rings. The Balaban J connectivity index is 1.72. The highest BCUT2D eigenvalue weighted by molar-refractivity contribution is 5.94. The maximum absolute atomic E-state index is 12.6. The van der Waals surface area contributed by atoms with E-state index in [0.29, 0.717) is 12.1 Å². The van der Waals surface area contributed by atoms with Gasteiger partial charge in [0.2, 0.25) is 11.6 Å². The van der Waals surface area contributed by atoms with Crippen LogP contribution in [0.1, 0.15) is 48.9 Å². The van der Waals surface area contributed by atoms with E-state index in [-0.39, 0.29) is 17.3 Å². The average Bonchev–Trinajstić information content (AvgIpc) is 3.36. The summed E-state index contributed by atoms with van der Waals surface area (Å²) in [6, 6.07) is 7.94. The lowest BCUT2D eigenvalue weighted by Gasteiger charge is -2.20. The molecule has 0 radical (unpaired) electrons. The van der Waals surface area contributed by atoms with Crippen LogP contribution in [0.2, 0.25) is 0 Å². The van der Waals surface area contributed by atoms with Crippen LogP contribution in [0.25, 0.3) is 5.82 Å². The van der Waals surface area contributed by atoms with Crippen molar-refractivity contribution in [2.24, 2.45) is 5.10 Å². The van der Waals surface area contributed by atoms with Gasteiger partial charge in [0, 0.05) is 18.8 Å². The van der Waals surface area contributed by atoms with Crippen molar-refractivity contribution in [3.05, 3.63) is 41.2 Å². The van der Waals surface area contributed by atoms with Crippen molar-refractivity contribution in [3.8, 4) is 5.82 Å². The standard InChI is InChI=1S/C19H25N9O2/c1-4-7-15-16(22-26-28(15)18-17(20)24-30-25-18)19(29)23-21-12-13-8-10-14(11-9-13)27(5-2)6-3/h8-12H,4-7H2,1-3H3,(H2,20,24)(H,23,29)/b21-12-. The van der Waals surface area contributed by atoms with E-state index in [4.69, 9.17) is 5.73 Å². The molecule has 0 spiro atoms. The first-order chi connectivity index (χ1) is 14.6. The minimum Gasteiger partial charge on any atom is -0.378 e. The fourth-order valence-electron chi connectivity index (χ4n) is 3.03. The van der Waals surface area contributed by atoms with Crippen molar-refractivity contribution in [1.29, 1.82) is 0 Å². The summed E-state index contributed by atoms with van der Waals surface area (Å²) in [5.74, 6) is -0.215. The fourth-order valence-corrected chi connectivity index (χ4v) is 3.03. The molecule has 0 unspecified atom stereocenters. The number of nitrogens with one attached hydrogen (secondary N) is 1. The van der Waals surface area contributed by atoms with Crippen molar-refractivity contribution in [2.75, 3.05) is 23.7 Å². The van der Waals surface area contributed by atoms with Gasteiger partial charge in [-0.2, -0.15) is 9.78 Å². The predicted molar refractivity (Wildman–Crippen MR) is 113 cm³/mol. The number of aromatic nitrogens is 5. The normalized spacial score (nSPS) is 11.2. The summed E-state index contributed by atoms with van der Waals surface area (Å²) in [5.41, 5.74) is 10.9. The summed E-state index contributed by atoms with van der Waals surface area (Å²) < 4.78 is 5.97. The number of carbonyl (C=O) groups excluding carboxylic acids is 1. The van der Waals surface area contributed by atoms with E-state index in [1.807, 2.05) is 31.2 Å². The third kappa shape index (κ3) is 4.45. The molecule has 0 saturated carbocycles. The quantitative estimate of drug-likeness (QED) is 0.401. The van der Waals surface area contributed by atoms with E-state index in [1.165, 1.54) is 4.68 Å². The zero-order chi connectivity index (χ0) is 21.5. The Morgan fingerprint density at radius 2 is 1.97 bits per heavy atom. The molecule has 11 nitrogen and oxygen atoms in total. The van der Waals surface area contributed by atoms with E-state index < -0.39 is 5.91 Å². The number of benzene rings is 1. The van der Waals surface area contributed by atoms with Crippen molar-refractivity contribution in [3.63, 3.8) is 0 Å². The van der Waals surface area contributed by atoms with Crippen LogP contribution in [-0.4, -0.2) is 50.5 Å². The smallest absolute Gasteiger partial charge is 0.293 e. The second-order valence-electron chi connectivity index (χ2n) is 6.48. The molecule has 2 heterocycles. The Labute approximate surface area is 173 Å². The average molecular weight is 411 g/mol. The molecule has 3 N–H and O–H groups in total. The van der Waals surface area contributed by atoms with E-state index in [0.717, 1.165) is 30.8 Å². The van der Waals surface area contributed by atoms with Crippen LogP contribution in [-0.2, 0) is 6.42 Å². The van der Waals surface area contributed by atoms with Crippen LogP contribution in [0.15, 0.2) is 34.0 Å². The molecule has 11 heteroatoms. The minimum atomic E-state index is -0.476. The molecular formula is C19H25N9O2. The fraction of sp³-hybridized carbons (Fsp3) is 0.368. The van der Waals surface area contributed by atoms with Crippen molar-refractivity contribution < 1.29 is 9.42 Å². The lowest BCUT2D eigenvalue weighted by Crippen LogP contribution is -2.21. The van der Waals surface area contributed by atoms with Gasteiger partial charge in [-0.3, -0.25) is 4.79 Å². The van der Waals surface area contributed by atoms with Gasteiger partial charge in [-0.05, 0) is 48.3 Å². The second-order valence-corrected chi connectivity index (χ2v) is 6.48. The molecule has 1 amide bonds. The molecule has 0 fully saturated rings. The zero-order valence-electron chi connectivity index (χ0n) is 17.2. The monoisotopic (exact) mass is 411 g/mol. The molecule has 0 saturated heterocycles. The second kappa shape index (κ2) is 9.63. The molecular weight excluding hydrogens is 386 g/mol. The van der Waals surface area contributed by atoms with Gasteiger partial charge in [0.25, 0.3) is 5.91 Å². The highest BCUT2D eigenvalue weighted by atomic mass is 16.6. The van der Waals surface area contributed by atoms with Gasteiger partial charge < -0.3 is 10.6 Å². The molecule has 0 aliphatic rings. The molecule has 2 aromatic heterocycles. The van der Waals surface area contributed by atoms with Gasteiger partial charge >= 0.3 is 0 Å². The largest absolute Gasteiger partial charge is 0.378 e. The summed E-state index contributed by atoms with van der Waals surface area (Å²) in [5, 5.41) is 19.2. The third-order valence-corrected chi connectivity index (χ3v) is 4.56. The SMILES string of the molecule is CCCc1c(C(=O)N/N=C\c2ccc(N(CC)CC)cc2)nnn1-c1nonc1N. The number of hydrogen-bond donors (Lipinski definition) is 2. The number of carbonyl (C=O) groups is 1. The van der Waals surface area contributed by atoms with E-state index in [1.54, 1.807) is 6.21 Å². The van der Waals surface area contributed by atoms with Crippen LogP contribution in [0.3, 0.4) is 0 Å². The van der Waals surface area contributed by atoms with Crippen molar-refractivity contribution in [1.82, 2.24) is 30.7 Å². The van der Waals surface area contributed by atoms with Gasteiger partial charge in [-0.1, -0.05) is 30.7 Å². The summed E-state index contributed by atoms with van der Waals surface area (Å²) in [6.45, 7) is 8.09. The summed E-state index contributed by atoms with van der Waals surface area (Å²) in [4.78, 5) is 14.8. The lowest BCUT2D eigenvalue weighted by molar-refractivity contribution is 0.0949. The number of anilines is 2. The lowest BCUT2D eigenvalue weighted by atomic mass is 10.2. The number of nitrogens with two attached hydrogens (primary N) is 1. The molecule has 158 valence electrons. The molecule has 0 aliphatic carbocycles. The van der Waals surface area contributed by atoms with Crippen molar-refractivity contribution >= 4 is 23.6 Å². The van der Waals surface area contributed by atoms with Crippen LogP contribution in [0.4, 0.5) is 11.5 Å². The first-order valence-corrected chi connectivity index (χ1v) is 9.80. The topological polar surface area (TPSA) is 140 Å².